The minimum Gasteiger partial charge on any atom is -0.508 e. The highest BCUT2D eigenvalue weighted by atomic mass is 16.5. The molecular formula is C118H189NO13. The maximum atomic E-state index is 11.2. The number of Topliss-reactive ketones (excluding diaryl/α,β-unsaturated/α-hetero) is 2. The Bertz CT molecular complexity index is 4450. The topological polar surface area (TPSA) is 194 Å². The second kappa shape index (κ2) is 47.8. The first-order chi connectivity index (χ1) is 60.9. The number of phenolic OH excluding ortho intramolecular Hbond substituents is 5. The van der Waals surface area contributed by atoms with Crippen molar-refractivity contribution < 1.29 is 63.5 Å². The summed E-state index contributed by atoms with van der Waals surface area (Å²) in [5.74, 6) is 8.16. The van der Waals surface area contributed by atoms with Gasteiger partial charge in [-0.15, -0.1) is 0 Å². The van der Waals surface area contributed by atoms with E-state index in [1.807, 2.05) is 46.8 Å². The van der Waals surface area contributed by atoms with E-state index in [1.54, 1.807) is 38.1 Å². The van der Waals surface area contributed by atoms with E-state index in [0.29, 0.717) is 84.9 Å². The Kier molecular flexibility index (Phi) is 41.6. The lowest BCUT2D eigenvalue weighted by molar-refractivity contribution is -0.118. The van der Waals surface area contributed by atoms with Crippen molar-refractivity contribution in [1.82, 2.24) is 0 Å². The summed E-state index contributed by atoms with van der Waals surface area (Å²) in [6.45, 7) is 86.1. The molecule has 6 aromatic carbocycles. The summed E-state index contributed by atoms with van der Waals surface area (Å²) < 4.78 is 37.3. The Balaban J connectivity index is 0.000000298. The minimum atomic E-state index is -0.339. The standard InChI is InChI=1S/C33H48O4.C26H47NO.C22H34O4.C22H38O2.C15H22O2/c1-9-13-34-27-17-23-25(19-29(27)36-15-11-3)33(21-31(23,5)6)22-32(7,8)24-18-28(35-14-10-2)30(20-26(24)33)37-16-12-4;1-9-12-17-27(18-13-10-2)23-20-22(26(7,8)21-25(4,5)6)15-16-24(23)28-19-14-11-3;1-15(23)9-7-11-21(3,4)17-13-20(26)18(14-19(17)25)22(5,6)12-8-10-16(2)24;1-19(2,3)13-21(7,8)15-11-18(24)16(12-17(15)23)22(9,10)14-20(4,5)6;1-9(2)12-8-15(4,5)17-14-6-10(3)13(16)7-11(12)14/h17-20H,9-16,21-22H2,1-8H3;15-16,20H,9-14,17-19,21H2,1-8H3;13-14,25-26H,7-12H2,1-6H3;11-12,23-24H,13-14H2,1-10H3;6-7,9,12,16H,8H2,1-5H3. The van der Waals surface area contributed by atoms with Crippen LogP contribution in [0, 0.1) is 29.1 Å². The molecule has 14 heteroatoms. The Labute approximate surface area is 804 Å². The smallest absolute Gasteiger partial charge is 0.161 e. The van der Waals surface area contributed by atoms with Crippen LogP contribution in [-0.4, -0.2) is 88.8 Å². The van der Waals surface area contributed by atoms with Crippen molar-refractivity contribution in [2.45, 2.75) is 452 Å². The molecule has 1 aliphatic heterocycles. The quantitative estimate of drug-likeness (QED) is 0.0180. The van der Waals surface area contributed by atoms with Gasteiger partial charge in [-0.2, -0.15) is 0 Å². The molecule has 2 aliphatic carbocycles. The summed E-state index contributed by atoms with van der Waals surface area (Å²) >= 11 is 0. The number of carbonyl (C=O) groups excluding carboxylic acids is 2. The molecule has 14 nitrogen and oxygen atoms in total. The maximum Gasteiger partial charge on any atom is 0.161 e. The number of hydrogen-bond acceptors (Lipinski definition) is 14. The number of phenols is 5. The molecule has 1 atom stereocenters. The second-order valence-electron chi connectivity index (χ2n) is 48.5. The van der Waals surface area contributed by atoms with Crippen molar-refractivity contribution in [1.29, 1.82) is 0 Å². The van der Waals surface area contributed by atoms with Crippen molar-refractivity contribution in [3.63, 3.8) is 0 Å². The number of ether oxygens (including phenoxy) is 6. The van der Waals surface area contributed by atoms with Gasteiger partial charge in [0.15, 0.2) is 23.0 Å². The fourth-order valence-corrected chi connectivity index (χ4v) is 21.4. The number of fused-ring (bicyclic) bond motifs is 5. The summed E-state index contributed by atoms with van der Waals surface area (Å²) in [5, 5.41) is 52.5. The molecule has 0 radical (unpaired) electrons. The van der Waals surface area contributed by atoms with Gasteiger partial charge in [-0.25, -0.2) is 0 Å². The van der Waals surface area contributed by atoms with Crippen LogP contribution in [0.15, 0.2) is 78.9 Å². The molecule has 0 saturated carbocycles. The number of aromatic hydroxyl groups is 5. The number of ketones is 2. The molecule has 1 unspecified atom stereocenters. The third-order valence-corrected chi connectivity index (χ3v) is 26.7. The van der Waals surface area contributed by atoms with Crippen molar-refractivity contribution in [2.75, 3.05) is 51.0 Å². The second-order valence-corrected chi connectivity index (χ2v) is 48.5. The van der Waals surface area contributed by atoms with Gasteiger partial charge in [0.05, 0.1) is 38.7 Å². The predicted molar refractivity (Wildman–Crippen MR) is 557 cm³/mol. The monoisotopic (exact) mass is 1830 g/mol. The largest absolute Gasteiger partial charge is 0.508 e. The molecule has 0 amide bonds. The summed E-state index contributed by atoms with van der Waals surface area (Å²) in [5.41, 5.74) is 12.8. The third kappa shape index (κ3) is 32.8. The molecule has 1 spiro atoms. The number of benzene rings is 6. The molecular weight excluding hydrogens is 1640 g/mol. The van der Waals surface area contributed by atoms with Gasteiger partial charge in [0.1, 0.15) is 57.4 Å². The number of carbonyl (C=O) groups is 2. The summed E-state index contributed by atoms with van der Waals surface area (Å²) in [6, 6.07) is 26.9. The number of anilines is 1. The first kappa shape index (κ1) is 115. The zero-order chi connectivity index (χ0) is 100. The van der Waals surface area contributed by atoms with E-state index in [4.69, 9.17) is 28.4 Å². The lowest BCUT2D eigenvalue weighted by Crippen LogP contribution is -2.36. The molecule has 5 N–H and O–H groups in total. The van der Waals surface area contributed by atoms with Gasteiger partial charge in [-0.1, -0.05) is 247 Å². The van der Waals surface area contributed by atoms with Crippen LogP contribution in [0.4, 0.5) is 5.69 Å². The van der Waals surface area contributed by atoms with Crippen LogP contribution in [0.25, 0.3) is 0 Å². The summed E-state index contributed by atoms with van der Waals surface area (Å²) in [7, 11) is 0. The van der Waals surface area contributed by atoms with Crippen LogP contribution in [0.5, 0.6) is 63.2 Å². The van der Waals surface area contributed by atoms with E-state index in [0.717, 1.165) is 166 Å². The van der Waals surface area contributed by atoms with Crippen LogP contribution < -0.4 is 33.3 Å². The Morgan fingerprint density at radius 2 is 0.750 bits per heavy atom. The average Bonchev–Trinajstić information content (AvgIpc) is 1.52. The molecule has 132 heavy (non-hydrogen) atoms. The van der Waals surface area contributed by atoms with Crippen LogP contribution >= 0.6 is 0 Å². The Morgan fingerprint density at radius 1 is 0.409 bits per heavy atom. The van der Waals surface area contributed by atoms with Crippen LogP contribution in [-0.2, 0) is 52.9 Å². The molecule has 0 bridgehead atoms. The van der Waals surface area contributed by atoms with E-state index in [1.165, 1.54) is 72.0 Å². The summed E-state index contributed by atoms with van der Waals surface area (Å²) in [4.78, 5) is 24.9. The van der Waals surface area contributed by atoms with E-state index in [-0.39, 0.29) is 82.8 Å². The zero-order valence-corrected chi connectivity index (χ0v) is 90.6. The Morgan fingerprint density at radius 3 is 1.08 bits per heavy atom. The van der Waals surface area contributed by atoms with Crippen LogP contribution in [0.3, 0.4) is 0 Å². The highest BCUT2D eigenvalue weighted by Crippen LogP contribution is 2.65. The number of hydrogen-bond donors (Lipinski definition) is 5. The Hall–Kier alpha value is -7.74. The van der Waals surface area contributed by atoms with Crippen LogP contribution in [0.1, 0.15) is 458 Å². The zero-order valence-electron chi connectivity index (χ0n) is 90.6. The lowest BCUT2D eigenvalue weighted by atomic mass is 9.69. The highest BCUT2D eigenvalue weighted by molar-refractivity contribution is 5.76. The van der Waals surface area contributed by atoms with Gasteiger partial charge < -0.3 is 68.4 Å². The fourth-order valence-electron chi connectivity index (χ4n) is 21.4. The van der Waals surface area contributed by atoms with Gasteiger partial charge in [0.2, 0.25) is 0 Å². The number of unbranched alkanes of at least 4 members (excludes halogenated alkanes) is 3. The summed E-state index contributed by atoms with van der Waals surface area (Å²) in [6.07, 6.45) is 21.3. The number of nitrogens with zero attached hydrogens (tertiary/aromatic N) is 1. The van der Waals surface area contributed by atoms with Gasteiger partial charge >= 0.3 is 0 Å². The molecule has 6 aromatic rings. The van der Waals surface area contributed by atoms with Crippen molar-refractivity contribution >= 4 is 17.3 Å². The van der Waals surface area contributed by atoms with E-state index in [9.17, 15) is 35.1 Å². The molecule has 3 aliphatic rings. The van der Waals surface area contributed by atoms with Crippen LogP contribution in [0.2, 0.25) is 0 Å². The SMILES string of the molecule is CC(=O)CCCC(C)(C)c1cc(O)c(C(C)(C)CCCC(C)=O)cc1O.CC(C)(C)CC(C)(C)c1cc(O)c(C(C)(C)CC(C)(C)C)cc1O.CCCCOc1ccc(C(C)(C)CC(C)(C)C)cc1N(CCCC)CCCC.CCCOc1cc2c(cc1OCCC)C1(CC2(C)C)CC(C)(C)c2cc(OCCC)c(OCCC)cc21.Cc1cc2c(cc1O)C(C(C)C)CC(C)(C)O2. The van der Waals surface area contributed by atoms with Gasteiger partial charge in [-0.3, -0.25) is 0 Å². The molecule has 0 fully saturated rings. The molecule has 1 heterocycles. The van der Waals surface area contributed by atoms with Gasteiger partial charge in [0, 0.05) is 59.2 Å². The number of aryl methyl sites for hydroxylation is 1. The molecule has 0 saturated heterocycles. The highest BCUT2D eigenvalue weighted by Gasteiger charge is 2.57. The van der Waals surface area contributed by atoms with Crippen molar-refractivity contribution in [3.8, 4) is 63.2 Å². The molecule has 744 valence electrons. The molecule has 9 rings (SSSR count). The van der Waals surface area contributed by atoms with E-state index in [2.05, 4.69) is 255 Å². The minimum absolute atomic E-state index is 0.0163. The fraction of sp³-hybridized carbons (Fsp3) is 0.678. The number of rotatable bonds is 40. The predicted octanol–water partition coefficient (Wildman–Crippen LogP) is 32.2. The first-order valence-corrected chi connectivity index (χ1v) is 51.0. The van der Waals surface area contributed by atoms with Crippen molar-refractivity contribution in [2.24, 2.45) is 22.2 Å². The average molecular weight is 1830 g/mol. The van der Waals surface area contributed by atoms with E-state index < -0.39 is 0 Å². The lowest BCUT2D eigenvalue weighted by Gasteiger charge is -2.39. The van der Waals surface area contributed by atoms with Crippen molar-refractivity contribution in [3.05, 3.63) is 140 Å². The van der Waals surface area contributed by atoms with Gasteiger partial charge in [0.25, 0.3) is 0 Å². The normalized spacial score (nSPS) is 15.5. The molecule has 0 aromatic heterocycles. The maximum absolute atomic E-state index is 11.2. The van der Waals surface area contributed by atoms with Gasteiger partial charge in [-0.05, 0) is 316 Å². The van der Waals surface area contributed by atoms with E-state index >= 15 is 0 Å². The first-order valence-electron chi connectivity index (χ1n) is 51.0. The third-order valence-electron chi connectivity index (χ3n) is 26.7.